The Morgan fingerprint density at radius 3 is 2.07 bits per heavy atom. The largest absolute Gasteiger partial charge is 0.460 e. The number of ether oxygens (including phenoxy) is 2. The van der Waals surface area contributed by atoms with E-state index in [1.807, 2.05) is 7.05 Å². The van der Waals surface area contributed by atoms with Crippen LogP contribution in [0.3, 0.4) is 0 Å². The van der Waals surface area contributed by atoms with Crippen LogP contribution >= 0.6 is 0 Å². The highest BCUT2D eigenvalue weighted by Gasteiger charge is 2.36. The van der Waals surface area contributed by atoms with E-state index < -0.39 is 11.9 Å². The fourth-order valence-electron chi connectivity index (χ4n) is 2.47. The van der Waals surface area contributed by atoms with Gasteiger partial charge in [-0.3, -0.25) is 5.32 Å². The van der Waals surface area contributed by atoms with E-state index in [-0.39, 0.29) is 29.8 Å². The molecule has 0 aromatic rings. The molecule has 29 heavy (non-hydrogen) atoms. The second-order valence-electron chi connectivity index (χ2n) is 7.13. The molecule has 2 N–H and O–H groups in total. The number of hydrogen-bond acceptors (Lipinski definition) is 6. The zero-order valence-corrected chi connectivity index (χ0v) is 17.4. The number of rotatable bonds is 8. The standard InChI is InChI=1S/C10H16N2O3.C9H14N2O3/c1-8(2)9(13)15-7-6-12(3)5-4-11-10(12)14;1-7(2)8(12)14-6-5-11-4-3-10-9(11)13/h1,4-7H2,2-3H3;1,3-6H2,2H3,(H,10,13)/p+1. The average Bonchev–Trinajstić information content (AvgIpc) is 3.21. The van der Waals surface area contributed by atoms with Gasteiger partial charge >= 0.3 is 24.0 Å². The molecule has 2 saturated heterocycles. The number of carbonyl (C=O) groups excluding carboxylic acids is 4. The normalized spacial score (nSPS) is 20.2. The van der Waals surface area contributed by atoms with Crippen molar-refractivity contribution in [2.24, 2.45) is 0 Å². The Morgan fingerprint density at radius 1 is 1.03 bits per heavy atom. The Balaban J connectivity index is 0.000000291. The van der Waals surface area contributed by atoms with Gasteiger partial charge in [0.15, 0.2) is 0 Å². The van der Waals surface area contributed by atoms with Crippen LogP contribution in [0, 0.1) is 0 Å². The van der Waals surface area contributed by atoms with Crippen molar-refractivity contribution < 1.29 is 33.1 Å². The van der Waals surface area contributed by atoms with Gasteiger partial charge in [-0.2, -0.15) is 0 Å². The molecule has 1 unspecified atom stereocenters. The second-order valence-corrected chi connectivity index (χ2v) is 7.13. The molecule has 162 valence electrons. The Labute approximate surface area is 171 Å². The predicted octanol–water partition coefficient (Wildman–Crippen LogP) is 0.406. The van der Waals surface area contributed by atoms with Crippen molar-refractivity contribution in [3.63, 3.8) is 0 Å². The van der Waals surface area contributed by atoms with Crippen molar-refractivity contribution in [2.75, 3.05) is 59.5 Å². The van der Waals surface area contributed by atoms with E-state index in [1.165, 1.54) is 0 Å². The molecule has 0 aromatic heterocycles. The van der Waals surface area contributed by atoms with Crippen LogP contribution < -0.4 is 10.6 Å². The minimum Gasteiger partial charge on any atom is -0.460 e. The lowest BCUT2D eigenvalue weighted by Gasteiger charge is -2.23. The first-order chi connectivity index (χ1) is 13.6. The number of hydrogen-bond donors (Lipinski definition) is 2. The molecular formula is C19H31N4O6+. The van der Waals surface area contributed by atoms with Crippen LogP contribution in [0.25, 0.3) is 0 Å². The number of urea groups is 2. The van der Waals surface area contributed by atoms with Crippen LogP contribution in [0.1, 0.15) is 13.8 Å². The van der Waals surface area contributed by atoms with Gasteiger partial charge < -0.3 is 19.7 Å². The highest BCUT2D eigenvalue weighted by molar-refractivity contribution is 5.87. The van der Waals surface area contributed by atoms with Gasteiger partial charge in [-0.25, -0.2) is 23.7 Å². The number of quaternary nitrogens is 1. The van der Waals surface area contributed by atoms with Crippen LogP contribution in [-0.4, -0.2) is 92.9 Å². The molecule has 2 aliphatic rings. The lowest BCUT2D eigenvalue weighted by Crippen LogP contribution is -2.48. The molecule has 2 aliphatic heterocycles. The van der Waals surface area contributed by atoms with E-state index >= 15 is 0 Å². The smallest absolute Gasteiger partial charge is 0.416 e. The zero-order chi connectivity index (χ0) is 22.0. The Hall–Kier alpha value is -2.88. The van der Waals surface area contributed by atoms with Gasteiger partial charge in [0, 0.05) is 24.2 Å². The number of carbonyl (C=O) groups is 4. The highest BCUT2D eigenvalue weighted by Crippen LogP contribution is 2.08. The van der Waals surface area contributed by atoms with Crippen molar-refractivity contribution in [2.45, 2.75) is 13.8 Å². The highest BCUT2D eigenvalue weighted by atomic mass is 16.5. The van der Waals surface area contributed by atoms with Crippen LogP contribution in [0.2, 0.25) is 0 Å². The van der Waals surface area contributed by atoms with Crippen LogP contribution in [-0.2, 0) is 19.1 Å². The number of nitrogens with one attached hydrogen (secondary N) is 2. The first kappa shape index (κ1) is 24.2. The van der Waals surface area contributed by atoms with Crippen molar-refractivity contribution in [3.8, 4) is 0 Å². The zero-order valence-electron chi connectivity index (χ0n) is 17.4. The molecule has 0 aromatic carbocycles. The van der Waals surface area contributed by atoms with Gasteiger partial charge in [0.05, 0.1) is 20.1 Å². The molecular weight excluding hydrogens is 380 g/mol. The predicted molar refractivity (Wildman–Crippen MR) is 106 cm³/mol. The monoisotopic (exact) mass is 411 g/mol. The number of likely N-dealkylation sites (N-methyl/N-ethyl adjacent to an activating group) is 1. The van der Waals surface area contributed by atoms with Gasteiger partial charge in [0.25, 0.3) is 0 Å². The average molecular weight is 411 g/mol. The Bertz CT molecular complexity index is 678. The van der Waals surface area contributed by atoms with Gasteiger partial charge in [-0.15, -0.1) is 0 Å². The molecule has 2 heterocycles. The van der Waals surface area contributed by atoms with E-state index in [2.05, 4.69) is 23.8 Å². The minimum atomic E-state index is -0.412. The Kier molecular flexibility index (Phi) is 9.33. The van der Waals surface area contributed by atoms with Crippen LogP contribution in [0.5, 0.6) is 0 Å². The minimum absolute atomic E-state index is 0.0126. The number of esters is 2. The molecule has 0 saturated carbocycles. The fraction of sp³-hybridized carbons (Fsp3) is 0.579. The molecule has 0 radical (unpaired) electrons. The summed E-state index contributed by atoms with van der Waals surface area (Å²) >= 11 is 0. The topological polar surface area (TPSA) is 114 Å². The van der Waals surface area contributed by atoms with Crippen LogP contribution in [0.15, 0.2) is 24.3 Å². The summed E-state index contributed by atoms with van der Waals surface area (Å²) in [6, 6.07) is -0.113. The molecule has 0 aliphatic carbocycles. The third-order valence-corrected chi connectivity index (χ3v) is 4.43. The van der Waals surface area contributed by atoms with E-state index in [0.29, 0.717) is 43.9 Å². The summed E-state index contributed by atoms with van der Waals surface area (Å²) in [4.78, 5) is 46.1. The molecule has 10 heteroatoms. The number of amides is 4. The molecule has 2 fully saturated rings. The first-order valence-electron chi connectivity index (χ1n) is 9.38. The second kappa shape index (κ2) is 11.2. The fourth-order valence-corrected chi connectivity index (χ4v) is 2.47. The summed E-state index contributed by atoms with van der Waals surface area (Å²) in [7, 11) is 1.83. The first-order valence-corrected chi connectivity index (χ1v) is 9.38. The third kappa shape index (κ3) is 7.94. The summed E-state index contributed by atoms with van der Waals surface area (Å²) in [5, 5.41) is 5.41. The quantitative estimate of drug-likeness (QED) is 0.340. The molecule has 4 amide bonds. The maximum Gasteiger partial charge on any atom is 0.416 e. The lowest BCUT2D eigenvalue weighted by atomic mass is 10.4. The SMILES string of the molecule is C=C(C)C(=O)OCCN1CCNC1=O.C=C(C)C(=O)OCC[N+]1(C)CCNC1=O. The van der Waals surface area contributed by atoms with Crippen LogP contribution in [0.4, 0.5) is 9.59 Å². The van der Waals surface area contributed by atoms with E-state index in [9.17, 15) is 19.2 Å². The van der Waals surface area contributed by atoms with Crippen molar-refractivity contribution >= 4 is 24.0 Å². The third-order valence-electron chi connectivity index (χ3n) is 4.43. The van der Waals surface area contributed by atoms with Gasteiger partial charge in [0.2, 0.25) is 0 Å². The summed E-state index contributed by atoms with van der Waals surface area (Å²) in [5.41, 5.74) is 0.749. The summed E-state index contributed by atoms with van der Waals surface area (Å²) in [6.45, 7) is 14.3. The lowest BCUT2D eigenvalue weighted by molar-refractivity contribution is -0.820. The summed E-state index contributed by atoms with van der Waals surface area (Å²) in [6.07, 6.45) is 0. The van der Waals surface area contributed by atoms with Gasteiger partial charge in [-0.1, -0.05) is 13.2 Å². The van der Waals surface area contributed by atoms with Crippen molar-refractivity contribution in [3.05, 3.63) is 24.3 Å². The van der Waals surface area contributed by atoms with Gasteiger partial charge in [-0.05, 0) is 13.8 Å². The Morgan fingerprint density at radius 2 is 1.62 bits per heavy atom. The summed E-state index contributed by atoms with van der Waals surface area (Å²) < 4.78 is 10.1. The maximum atomic E-state index is 11.4. The van der Waals surface area contributed by atoms with Gasteiger partial charge in [0.1, 0.15) is 26.3 Å². The molecule has 1 atom stereocenters. The molecule has 2 rings (SSSR count). The number of nitrogens with zero attached hydrogens (tertiary/aromatic N) is 2. The van der Waals surface area contributed by atoms with Crippen molar-refractivity contribution in [1.82, 2.24) is 15.5 Å². The molecule has 0 bridgehead atoms. The molecule has 10 nitrogen and oxygen atoms in total. The van der Waals surface area contributed by atoms with Crippen molar-refractivity contribution in [1.29, 1.82) is 0 Å². The summed E-state index contributed by atoms with van der Waals surface area (Å²) in [5.74, 6) is -0.814. The van der Waals surface area contributed by atoms with E-state index in [0.717, 1.165) is 6.54 Å². The van der Waals surface area contributed by atoms with E-state index in [4.69, 9.17) is 9.47 Å². The maximum absolute atomic E-state index is 11.4. The molecule has 0 spiro atoms. The van der Waals surface area contributed by atoms with E-state index in [1.54, 1.807) is 18.7 Å².